The maximum absolute atomic E-state index is 12.8. The highest BCUT2D eigenvalue weighted by Gasteiger charge is 2.73. The molecule has 4 fully saturated rings. The average molecular weight is 423 g/mol. The van der Waals surface area contributed by atoms with Gasteiger partial charge in [0.25, 0.3) is 0 Å². The Morgan fingerprint density at radius 1 is 1.10 bits per heavy atom. The van der Waals surface area contributed by atoms with Crippen LogP contribution in [0.2, 0.25) is 0 Å². The summed E-state index contributed by atoms with van der Waals surface area (Å²) in [7, 11) is 0. The van der Waals surface area contributed by atoms with Crippen molar-refractivity contribution in [2.24, 2.45) is 39.4 Å². The predicted molar refractivity (Wildman–Crippen MR) is 110 cm³/mol. The molecule has 0 aromatic rings. The zero-order chi connectivity index (χ0) is 22.3. The van der Waals surface area contributed by atoms with E-state index in [1.54, 1.807) is 0 Å². The van der Waals surface area contributed by atoms with Crippen LogP contribution in [0.3, 0.4) is 0 Å². The summed E-state index contributed by atoms with van der Waals surface area (Å²) in [6, 6.07) is 0. The number of aliphatic hydroxyl groups excluding tert-OH is 3. The lowest BCUT2D eigenvalue weighted by Gasteiger charge is -2.69. The van der Waals surface area contributed by atoms with Gasteiger partial charge >= 0.3 is 5.97 Å². The van der Waals surface area contributed by atoms with Gasteiger partial charge in [0, 0.05) is 31.1 Å². The van der Waals surface area contributed by atoms with E-state index in [1.165, 1.54) is 6.92 Å². The smallest absolute Gasteiger partial charge is 0.302 e. The third kappa shape index (κ3) is 2.53. The summed E-state index contributed by atoms with van der Waals surface area (Å²) < 4.78 is 5.78. The van der Waals surface area contributed by atoms with E-state index in [-0.39, 0.29) is 46.9 Å². The molecule has 4 saturated carbocycles. The topological polar surface area (TPSA) is 104 Å². The summed E-state index contributed by atoms with van der Waals surface area (Å²) in [5.41, 5.74) is -1.80. The molecule has 6 heteroatoms. The first kappa shape index (κ1) is 22.2. The van der Waals surface area contributed by atoms with Crippen molar-refractivity contribution in [3.8, 4) is 0 Å². The van der Waals surface area contributed by atoms with E-state index in [9.17, 15) is 24.9 Å². The number of aliphatic hydroxyl groups is 3. The van der Waals surface area contributed by atoms with Crippen molar-refractivity contribution in [2.75, 3.05) is 6.61 Å². The number of Topliss-reactive ketones (excluding diaryl/α,β-unsaturated/α-hetero) is 1. The van der Waals surface area contributed by atoms with Crippen molar-refractivity contribution >= 4 is 11.8 Å². The number of carbonyl (C=O) groups is 2. The van der Waals surface area contributed by atoms with Crippen LogP contribution in [-0.4, -0.2) is 52.0 Å². The van der Waals surface area contributed by atoms with Crippen molar-refractivity contribution < 1.29 is 29.6 Å². The Morgan fingerprint density at radius 2 is 1.77 bits per heavy atom. The lowest BCUT2D eigenvalue weighted by molar-refractivity contribution is -0.251. The standard InChI is InChI=1S/C24H38O6/c1-13(26)30-15-11-17-21(2)8-7-18(28)22(3,12-25)16(21)6-9-23(17,4)24(5)19(29)10-14(27)20(15)24/h14-17,19-20,25,27,29H,6-12H2,1-5H3. The van der Waals surface area contributed by atoms with Crippen LogP contribution in [0.1, 0.15) is 73.1 Å². The van der Waals surface area contributed by atoms with E-state index >= 15 is 0 Å². The number of esters is 1. The summed E-state index contributed by atoms with van der Waals surface area (Å²) >= 11 is 0. The van der Waals surface area contributed by atoms with Gasteiger partial charge in [-0.25, -0.2) is 0 Å². The Bertz CT molecular complexity index is 752. The molecule has 30 heavy (non-hydrogen) atoms. The molecular formula is C24H38O6. The largest absolute Gasteiger partial charge is 0.462 e. The van der Waals surface area contributed by atoms with Crippen molar-refractivity contribution in [1.82, 2.24) is 0 Å². The second-order valence-electron chi connectivity index (χ2n) is 11.6. The SMILES string of the molecule is CC(=O)OC1CC2C3(C)CCC(=O)C(C)(CO)C3CCC2(C)C2(C)C(O)CC(O)C12. The van der Waals surface area contributed by atoms with Crippen LogP contribution in [-0.2, 0) is 14.3 Å². The van der Waals surface area contributed by atoms with Crippen molar-refractivity contribution in [2.45, 2.75) is 91.5 Å². The Kier molecular flexibility index (Phi) is 5.01. The Morgan fingerprint density at radius 3 is 2.37 bits per heavy atom. The predicted octanol–water partition coefficient (Wildman–Crippen LogP) is 2.47. The third-order valence-electron chi connectivity index (χ3n) is 10.6. The average Bonchev–Trinajstić information content (AvgIpc) is 2.90. The highest BCUT2D eigenvalue weighted by Crippen LogP contribution is 2.74. The zero-order valence-corrected chi connectivity index (χ0v) is 19.0. The molecule has 0 spiro atoms. The molecule has 0 aromatic carbocycles. The van der Waals surface area contributed by atoms with E-state index in [0.29, 0.717) is 19.3 Å². The number of ether oxygens (including phenoxy) is 1. The molecule has 3 N–H and O–H groups in total. The van der Waals surface area contributed by atoms with Gasteiger partial charge in [-0.05, 0) is 48.3 Å². The van der Waals surface area contributed by atoms with Gasteiger partial charge in [0.1, 0.15) is 11.9 Å². The van der Waals surface area contributed by atoms with E-state index in [4.69, 9.17) is 4.74 Å². The van der Waals surface area contributed by atoms with Gasteiger partial charge in [-0.1, -0.05) is 27.7 Å². The minimum atomic E-state index is -0.753. The fourth-order valence-electron chi connectivity index (χ4n) is 8.90. The van der Waals surface area contributed by atoms with Crippen molar-refractivity contribution in [1.29, 1.82) is 0 Å². The maximum Gasteiger partial charge on any atom is 0.302 e. The molecule has 0 amide bonds. The number of ketones is 1. The van der Waals surface area contributed by atoms with Gasteiger partial charge in [-0.2, -0.15) is 0 Å². The number of fused-ring (bicyclic) bond motifs is 5. The van der Waals surface area contributed by atoms with Gasteiger partial charge < -0.3 is 20.1 Å². The van der Waals surface area contributed by atoms with Gasteiger partial charge in [0.2, 0.25) is 0 Å². The number of carbonyl (C=O) groups excluding carboxylic acids is 2. The van der Waals surface area contributed by atoms with E-state index < -0.39 is 29.1 Å². The summed E-state index contributed by atoms with van der Waals surface area (Å²) in [5.74, 6) is -0.351. The van der Waals surface area contributed by atoms with Crippen LogP contribution >= 0.6 is 0 Å². The van der Waals surface area contributed by atoms with Crippen LogP contribution in [0.25, 0.3) is 0 Å². The first-order valence-electron chi connectivity index (χ1n) is 11.5. The molecule has 0 heterocycles. The Balaban J connectivity index is 1.84. The van der Waals surface area contributed by atoms with Crippen LogP contribution < -0.4 is 0 Å². The Hall–Kier alpha value is -0.980. The molecule has 4 aliphatic carbocycles. The fourth-order valence-corrected chi connectivity index (χ4v) is 8.90. The van der Waals surface area contributed by atoms with Gasteiger partial charge in [-0.15, -0.1) is 0 Å². The first-order chi connectivity index (χ1) is 13.9. The van der Waals surface area contributed by atoms with Crippen LogP contribution in [0.5, 0.6) is 0 Å². The van der Waals surface area contributed by atoms with Crippen LogP contribution in [0.15, 0.2) is 0 Å². The second kappa shape index (κ2) is 6.76. The summed E-state index contributed by atoms with van der Waals surface area (Å²) in [6.07, 6.45) is 1.94. The molecule has 0 radical (unpaired) electrons. The molecule has 10 unspecified atom stereocenters. The summed E-state index contributed by atoms with van der Waals surface area (Å²) in [4.78, 5) is 24.8. The summed E-state index contributed by atoms with van der Waals surface area (Å²) in [5, 5.41) is 32.3. The number of hydrogen-bond donors (Lipinski definition) is 3. The van der Waals surface area contributed by atoms with E-state index in [1.807, 2.05) is 6.92 Å². The molecule has 0 saturated heterocycles. The minimum absolute atomic E-state index is 0.0518. The highest BCUT2D eigenvalue weighted by atomic mass is 16.5. The molecule has 170 valence electrons. The first-order valence-corrected chi connectivity index (χ1v) is 11.5. The van der Waals surface area contributed by atoms with Crippen LogP contribution in [0.4, 0.5) is 0 Å². The molecule has 0 aliphatic heterocycles. The molecule has 0 bridgehead atoms. The molecule has 4 aliphatic rings. The lowest BCUT2D eigenvalue weighted by atomic mass is 9.35. The molecule has 10 atom stereocenters. The quantitative estimate of drug-likeness (QED) is 0.591. The maximum atomic E-state index is 12.8. The van der Waals surface area contributed by atoms with Crippen molar-refractivity contribution in [3.05, 3.63) is 0 Å². The molecule has 4 rings (SSSR count). The monoisotopic (exact) mass is 422 g/mol. The molecular weight excluding hydrogens is 384 g/mol. The molecule has 0 aromatic heterocycles. The number of rotatable bonds is 2. The van der Waals surface area contributed by atoms with Gasteiger partial charge in [0.05, 0.1) is 24.2 Å². The minimum Gasteiger partial charge on any atom is -0.462 e. The fraction of sp³-hybridized carbons (Fsp3) is 0.917. The zero-order valence-electron chi connectivity index (χ0n) is 19.0. The van der Waals surface area contributed by atoms with Crippen LogP contribution in [0, 0.1) is 39.4 Å². The normalized spacial score (nSPS) is 55.4. The Labute approximate surface area is 179 Å². The van der Waals surface area contributed by atoms with Gasteiger partial charge in [0.15, 0.2) is 0 Å². The van der Waals surface area contributed by atoms with E-state index in [0.717, 1.165) is 19.3 Å². The lowest BCUT2D eigenvalue weighted by Crippen LogP contribution is -2.68. The molecule has 6 nitrogen and oxygen atoms in total. The van der Waals surface area contributed by atoms with Crippen molar-refractivity contribution in [3.63, 3.8) is 0 Å². The van der Waals surface area contributed by atoms with Gasteiger partial charge in [-0.3, -0.25) is 9.59 Å². The van der Waals surface area contributed by atoms with E-state index in [2.05, 4.69) is 20.8 Å². The third-order valence-corrected chi connectivity index (χ3v) is 10.6. The second-order valence-corrected chi connectivity index (χ2v) is 11.6. The number of hydrogen-bond acceptors (Lipinski definition) is 6. The summed E-state index contributed by atoms with van der Waals surface area (Å²) in [6.45, 7) is 9.71. The highest BCUT2D eigenvalue weighted by molar-refractivity contribution is 5.86.